The van der Waals surface area contributed by atoms with Gasteiger partial charge in [-0.2, -0.15) is 0 Å². The van der Waals surface area contributed by atoms with Crippen molar-refractivity contribution in [1.82, 2.24) is 20.1 Å². The Morgan fingerprint density at radius 1 is 1.10 bits per heavy atom. The molecular formula is C24H38N4O3. The fourth-order valence-electron chi connectivity index (χ4n) is 4.69. The Morgan fingerprint density at radius 3 is 2.26 bits per heavy atom. The number of hydrogen-bond donors (Lipinski definition) is 1. The highest BCUT2D eigenvalue weighted by Gasteiger charge is 2.34. The number of carbonyl (C=O) groups is 2. The molecular weight excluding hydrogens is 392 g/mol. The van der Waals surface area contributed by atoms with E-state index in [-0.39, 0.29) is 5.91 Å². The number of rotatable bonds is 5. The Labute approximate surface area is 186 Å². The molecule has 0 aliphatic carbocycles. The number of nitrogens with zero attached hydrogens (tertiary/aromatic N) is 3. The lowest BCUT2D eigenvalue weighted by Gasteiger charge is -2.40. The van der Waals surface area contributed by atoms with Gasteiger partial charge in [0.15, 0.2) is 0 Å². The highest BCUT2D eigenvalue weighted by atomic mass is 16.6. The fraction of sp³-hybridized carbons (Fsp3) is 0.708. The number of alkyl carbamates (subject to hydrolysis) is 1. The van der Waals surface area contributed by atoms with Gasteiger partial charge in [0.25, 0.3) is 0 Å². The Kier molecular flexibility index (Phi) is 7.92. The minimum Gasteiger partial charge on any atom is -0.444 e. The van der Waals surface area contributed by atoms with Crippen molar-refractivity contribution in [2.75, 3.05) is 33.2 Å². The molecule has 31 heavy (non-hydrogen) atoms. The predicted molar refractivity (Wildman–Crippen MR) is 121 cm³/mol. The van der Waals surface area contributed by atoms with Crippen LogP contribution in [0.25, 0.3) is 0 Å². The minimum atomic E-state index is -0.676. The van der Waals surface area contributed by atoms with Gasteiger partial charge < -0.3 is 19.9 Å². The van der Waals surface area contributed by atoms with Crippen molar-refractivity contribution in [1.29, 1.82) is 0 Å². The lowest BCUT2D eigenvalue weighted by atomic mass is 9.79. The quantitative estimate of drug-likeness (QED) is 0.777. The lowest BCUT2D eigenvalue weighted by molar-refractivity contribution is -0.135. The summed E-state index contributed by atoms with van der Waals surface area (Å²) in [5.74, 6) is 1.43. The van der Waals surface area contributed by atoms with Gasteiger partial charge in [0.05, 0.1) is 0 Å². The summed E-state index contributed by atoms with van der Waals surface area (Å²) in [6.07, 6.45) is 6.11. The topological polar surface area (TPSA) is 74.8 Å². The van der Waals surface area contributed by atoms with Gasteiger partial charge in [0.1, 0.15) is 11.6 Å². The molecule has 1 aromatic rings. The number of carbonyl (C=O) groups excluding carboxylic acids is 2. The molecule has 1 aromatic heterocycles. The molecule has 1 atom stereocenters. The molecule has 0 aromatic carbocycles. The lowest BCUT2D eigenvalue weighted by Crippen LogP contribution is -2.53. The standard InChI is InChI=1S/C24H38N4O3/c1-24(2,3)31-23(30)26-21(17-20-7-5-6-12-25-20)22(29)28-15-10-19(11-16-28)18-8-13-27(4)14-9-18/h5-7,12,18-19,21H,8-11,13-17H2,1-4H3,(H,26,30)/t21-/m1/s1. The third-order valence-corrected chi connectivity index (χ3v) is 6.41. The maximum Gasteiger partial charge on any atom is 0.408 e. The normalized spacial score (nSPS) is 20.3. The number of nitrogens with one attached hydrogen (secondary N) is 1. The first-order valence-electron chi connectivity index (χ1n) is 11.6. The molecule has 7 heteroatoms. The Morgan fingerprint density at radius 2 is 1.71 bits per heavy atom. The molecule has 3 heterocycles. The van der Waals surface area contributed by atoms with Crippen LogP contribution < -0.4 is 5.32 Å². The maximum absolute atomic E-state index is 13.4. The number of amides is 2. The fourth-order valence-corrected chi connectivity index (χ4v) is 4.69. The summed E-state index contributed by atoms with van der Waals surface area (Å²) in [4.78, 5) is 34.4. The van der Waals surface area contributed by atoms with Crippen LogP contribution in [-0.2, 0) is 16.0 Å². The molecule has 2 saturated heterocycles. The van der Waals surface area contributed by atoms with Crippen molar-refractivity contribution < 1.29 is 14.3 Å². The highest BCUT2D eigenvalue weighted by Crippen LogP contribution is 2.32. The second-order valence-electron chi connectivity index (χ2n) is 10.0. The predicted octanol–water partition coefficient (Wildman–Crippen LogP) is 3.10. The second kappa shape index (κ2) is 10.4. The summed E-state index contributed by atoms with van der Waals surface area (Å²) in [6.45, 7) is 9.31. The first-order valence-corrected chi connectivity index (χ1v) is 11.6. The van der Waals surface area contributed by atoms with Crippen LogP contribution in [0.2, 0.25) is 0 Å². The van der Waals surface area contributed by atoms with E-state index in [0.717, 1.165) is 37.5 Å². The molecule has 0 spiro atoms. The van der Waals surface area contributed by atoms with E-state index in [1.54, 1.807) is 6.20 Å². The molecule has 0 unspecified atom stereocenters. The van der Waals surface area contributed by atoms with Crippen molar-refractivity contribution >= 4 is 12.0 Å². The van der Waals surface area contributed by atoms with Crippen molar-refractivity contribution in [3.8, 4) is 0 Å². The maximum atomic E-state index is 13.4. The molecule has 0 saturated carbocycles. The van der Waals surface area contributed by atoms with Gasteiger partial charge in [-0.1, -0.05) is 6.07 Å². The Balaban J connectivity index is 1.60. The smallest absolute Gasteiger partial charge is 0.408 e. The van der Waals surface area contributed by atoms with Crippen LogP contribution in [0, 0.1) is 11.8 Å². The molecule has 0 radical (unpaired) electrons. The number of aromatic nitrogens is 1. The van der Waals surface area contributed by atoms with Gasteiger partial charge in [-0.05, 0) is 90.6 Å². The molecule has 2 aliphatic heterocycles. The molecule has 3 rings (SSSR count). The average molecular weight is 431 g/mol. The van der Waals surface area contributed by atoms with Crippen LogP contribution in [0.3, 0.4) is 0 Å². The summed E-state index contributed by atoms with van der Waals surface area (Å²) in [5.41, 5.74) is 0.160. The highest BCUT2D eigenvalue weighted by molar-refractivity contribution is 5.86. The zero-order valence-corrected chi connectivity index (χ0v) is 19.5. The van der Waals surface area contributed by atoms with Crippen LogP contribution in [0.1, 0.15) is 52.1 Å². The van der Waals surface area contributed by atoms with Gasteiger partial charge in [0, 0.05) is 31.4 Å². The second-order valence-corrected chi connectivity index (χ2v) is 10.0. The van der Waals surface area contributed by atoms with Gasteiger partial charge in [-0.15, -0.1) is 0 Å². The van der Waals surface area contributed by atoms with Crippen LogP contribution in [-0.4, -0.2) is 71.7 Å². The third-order valence-electron chi connectivity index (χ3n) is 6.41. The molecule has 2 fully saturated rings. The molecule has 1 N–H and O–H groups in total. The van der Waals surface area contributed by atoms with E-state index in [9.17, 15) is 9.59 Å². The molecule has 172 valence electrons. The van der Waals surface area contributed by atoms with E-state index >= 15 is 0 Å². The first-order chi connectivity index (χ1) is 14.7. The number of ether oxygens (including phenoxy) is 1. The number of piperidine rings is 2. The van der Waals surface area contributed by atoms with Crippen molar-refractivity contribution in [2.45, 2.75) is 64.5 Å². The van der Waals surface area contributed by atoms with Crippen molar-refractivity contribution in [2.24, 2.45) is 11.8 Å². The Bertz CT molecular complexity index is 718. The monoisotopic (exact) mass is 430 g/mol. The summed E-state index contributed by atoms with van der Waals surface area (Å²) >= 11 is 0. The summed E-state index contributed by atoms with van der Waals surface area (Å²) < 4.78 is 5.40. The van der Waals surface area contributed by atoms with Gasteiger partial charge in [-0.25, -0.2) is 4.79 Å². The van der Waals surface area contributed by atoms with Crippen molar-refractivity contribution in [3.63, 3.8) is 0 Å². The summed E-state index contributed by atoms with van der Waals surface area (Å²) in [6, 6.07) is 4.94. The molecule has 0 bridgehead atoms. The summed E-state index contributed by atoms with van der Waals surface area (Å²) in [7, 11) is 2.19. The zero-order chi connectivity index (χ0) is 22.4. The third kappa shape index (κ3) is 7.20. The van der Waals surface area contributed by atoms with E-state index in [1.165, 1.54) is 25.9 Å². The molecule has 7 nitrogen and oxygen atoms in total. The van der Waals surface area contributed by atoms with E-state index in [4.69, 9.17) is 4.74 Å². The average Bonchev–Trinajstić information content (AvgIpc) is 2.73. The number of hydrogen-bond acceptors (Lipinski definition) is 5. The summed E-state index contributed by atoms with van der Waals surface area (Å²) in [5, 5.41) is 2.80. The molecule has 2 aliphatic rings. The minimum absolute atomic E-state index is 0.0432. The SMILES string of the molecule is CN1CCC(C2CCN(C(=O)[C@@H](Cc3ccccn3)NC(=O)OC(C)(C)C)CC2)CC1. The largest absolute Gasteiger partial charge is 0.444 e. The van der Waals surface area contributed by atoms with Crippen LogP contribution in [0.5, 0.6) is 0 Å². The van der Waals surface area contributed by atoms with Gasteiger partial charge in [0.2, 0.25) is 5.91 Å². The van der Waals surface area contributed by atoms with E-state index in [2.05, 4.69) is 22.2 Å². The van der Waals surface area contributed by atoms with Crippen LogP contribution in [0.4, 0.5) is 4.79 Å². The van der Waals surface area contributed by atoms with E-state index in [0.29, 0.717) is 12.3 Å². The van der Waals surface area contributed by atoms with Gasteiger partial charge >= 0.3 is 6.09 Å². The van der Waals surface area contributed by atoms with Crippen molar-refractivity contribution in [3.05, 3.63) is 30.1 Å². The van der Waals surface area contributed by atoms with E-state index < -0.39 is 17.7 Å². The molecule has 2 amide bonds. The zero-order valence-electron chi connectivity index (χ0n) is 19.5. The number of likely N-dealkylation sites (tertiary alicyclic amines) is 2. The van der Waals surface area contributed by atoms with Crippen LogP contribution >= 0.6 is 0 Å². The van der Waals surface area contributed by atoms with Crippen LogP contribution in [0.15, 0.2) is 24.4 Å². The van der Waals surface area contributed by atoms with Gasteiger partial charge in [-0.3, -0.25) is 9.78 Å². The number of pyridine rings is 1. The Hall–Kier alpha value is -2.15. The first kappa shape index (κ1) is 23.5. The van der Waals surface area contributed by atoms with E-state index in [1.807, 2.05) is 43.9 Å².